The Morgan fingerprint density at radius 1 is 0.971 bits per heavy atom. The second kappa shape index (κ2) is 10.6. The lowest BCUT2D eigenvalue weighted by atomic mass is 10.0. The van der Waals surface area contributed by atoms with Crippen molar-refractivity contribution in [3.8, 4) is 5.75 Å². The summed E-state index contributed by atoms with van der Waals surface area (Å²) < 4.78 is 7.18. The van der Waals surface area contributed by atoms with Crippen LogP contribution in [0, 0.1) is 0 Å². The van der Waals surface area contributed by atoms with Crippen LogP contribution in [0.1, 0.15) is 35.3 Å². The van der Waals surface area contributed by atoms with E-state index in [1.165, 1.54) is 6.20 Å². The molecule has 0 radical (unpaired) electrons. The van der Waals surface area contributed by atoms with Gasteiger partial charge in [-0.05, 0) is 61.4 Å². The topological polar surface area (TPSA) is 77.4 Å². The summed E-state index contributed by atoms with van der Waals surface area (Å²) in [7, 11) is 0. The molecule has 6 nitrogen and oxygen atoms in total. The van der Waals surface area contributed by atoms with E-state index >= 15 is 0 Å². The average Bonchev–Trinajstić information content (AvgIpc) is 2.87. The van der Waals surface area contributed by atoms with Crippen LogP contribution in [0.2, 0.25) is 5.02 Å². The molecule has 0 saturated heterocycles. The number of hydrogen-bond acceptors (Lipinski definition) is 4. The Kier molecular flexibility index (Phi) is 7.32. The Balaban J connectivity index is 1.76. The fraction of sp³-hybridized carbons (Fsp3) is 0.179. The number of aryl methyl sites for hydroxylation is 1. The minimum Gasteiger partial charge on any atom is -0.494 e. The van der Waals surface area contributed by atoms with E-state index in [1.807, 2.05) is 26.0 Å². The Hall–Kier alpha value is -3.90. The summed E-state index contributed by atoms with van der Waals surface area (Å²) in [6.07, 6.45) is 2.31. The van der Waals surface area contributed by atoms with Crippen LogP contribution in [-0.2, 0) is 17.8 Å². The highest BCUT2D eigenvalue weighted by Crippen LogP contribution is 2.21. The summed E-state index contributed by atoms with van der Waals surface area (Å²) in [6.45, 7) is 4.22. The van der Waals surface area contributed by atoms with E-state index in [0.717, 1.165) is 12.0 Å². The summed E-state index contributed by atoms with van der Waals surface area (Å²) in [5.74, 6) is -0.184. The quantitative estimate of drug-likeness (QED) is 0.333. The van der Waals surface area contributed by atoms with Crippen molar-refractivity contribution < 1.29 is 14.3 Å². The third-order valence-electron chi connectivity index (χ3n) is 5.67. The smallest absolute Gasteiger partial charge is 0.244 e. The van der Waals surface area contributed by atoms with E-state index in [-0.39, 0.29) is 18.0 Å². The van der Waals surface area contributed by atoms with Crippen molar-refractivity contribution in [2.75, 3.05) is 11.9 Å². The molecule has 0 unspecified atom stereocenters. The molecule has 1 aromatic heterocycles. The lowest BCUT2D eigenvalue weighted by molar-refractivity contribution is -0.116. The first kappa shape index (κ1) is 24.2. The van der Waals surface area contributed by atoms with Gasteiger partial charge in [0.25, 0.3) is 0 Å². The zero-order valence-corrected chi connectivity index (χ0v) is 20.3. The molecule has 0 aliphatic carbocycles. The van der Waals surface area contributed by atoms with Crippen molar-refractivity contribution >= 4 is 39.9 Å². The average molecular weight is 489 g/mol. The number of hydrogen-bond donors (Lipinski definition) is 1. The van der Waals surface area contributed by atoms with Gasteiger partial charge >= 0.3 is 0 Å². The highest BCUT2D eigenvalue weighted by Gasteiger charge is 2.19. The minimum atomic E-state index is -0.402. The molecule has 3 aromatic carbocycles. The molecule has 0 atom stereocenters. The van der Waals surface area contributed by atoms with Crippen molar-refractivity contribution in [3.63, 3.8) is 0 Å². The van der Waals surface area contributed by atoms with Gasteiger partial charge in [0.15, 0.2) is 5.78 Å². The van der Waals surface area contributed by atoms with Crippen molar-refractivity contribution in [1.29, 1.82) is 0 Å². The Morgan fingerprint density at radius 2 is 1.69 bits per heavy atom. The number of amides is 1. The number of nitrogens with zero attached hydrogens (tertiary/aromatic N) is 1. The Labute approximate surface area is 208 Å². The molecule has 4 rings (SSSR count). The lowest BCUT2D eigenvalue weighted by Crippen LogP contribution is -2.24. The number of carbonyl (C=O) groups is 2. The molecule has 0 saturated carbocycles. The van der Waals surface area contributed by atoms with E-state index in [1.54, 1.807) is 59.2 Å². The zero-order chi connectivity index (χ0) is 24.9. The first-order valence-electron chi connectivity index (χ1n) is 11.4. The molecule has 0 fully saturated rings. The van der Waals surface area contributed by atoms with Crippen molar-refractivity contribution in [3.05, 3.63) is 105 Å². The van der Waals surface area contributed by atoms with Crippen LogP contribution in [0.5, 0.6) is 5.75 Å². The van der Waals surface area contributed by atoms with Crippen molar-refractivity contribution in [2.45, 2.75) is 26.8 Å². The largest absolute Gasteiger partial charge is 0.494 e. The number of ketones is 1. The molecular weight excluding hydrogens is 464 g/mol. The van der Waals surface area contributed by atoms with Crippen molar-refractivity contribution in [1.82, 2.24) is 4.57 Å². The number of anilines is 1. The van der Waals surface area contributed by atoms with Gasteiger partial charge in [0, 0.05) is 22.5 Å². The Morgan fingerprint density at radius 3 is 2.34 bits per heavy atom. The molecule has 7 heteroatoms. The van der Waals surface area contributed by atoms with E-state index in [2.05, 4.69) is 5.32 Å². The maximum Gasteiger partial charge on any atom is 0.244 e. The van der Waals surface area contributed by atoms with E-state index in [9.17, 15) is 14.4 Å². The molecule has 0 bridgehead atoms. The van der Waals surface area contributed by atoms with Gasteiger partial charge in [-0.1, -0.05) is 42.8 Å². The third kappa shape index (κ3) is 5.44. The van der Waals surface area contributed by atoms with E-state index < -0.39 is 11.2 Å². The first-order valence-corrected chi connectivity index (χ1v) is 11.8. The summed E-state index contributed by atoms with van der Waals surface area (Å²) in [6, 6.07) is 19.0. The molecule has 1 amide bonds. The van der Waals surface area contributed by atoms with Gasteiger partial charge in [-0.3, -0.25) is 14.4 Å². The Bertz CT molecular complexity index is 1440. The molecule has 1 heterocycles. The van der Waals surface area contributed by atoms with E-state index in [0.29, 0.717) is 39.5 Å². The van der Waals surface area contributed by atoms with Gasteiger partial charge in [-0.15, -0.1) is 0 Å². The van der Waals surface area contributed by atoms with Crippen LogP contribution in [0.4, 0.5) is 5.69 Å². The normalized spacial score (nSPS) is 10.8. The second-order valence-corrected chi connectivity index (χ2v) is 8.48. The third-order valence-corrected chi connectivity index (χ3v) is 5.93. The number of rotatable bonds is 8. The molecule has 0 spiro atoms. The SMILES string of the molecule is CCOc1ccc2c(c1)c(=O)c(C(=O)c1ccc(CC)cc1)cn2CC(=O)Nc1ccc(Cl)cc1. The van der Waals surface area contributed by atoms with Crippen LogP contribution < -0.4 is 15.5 Å². The molecule has 0 aliphatic heterocycles. The summed E-state index contributed by atoms with van der Waals surface area (Å²) in [5.41, 5.74) is 2.22. The van der Waals surface area contributed by atoms with Crippen LogP contribution in [0.25, 0.3) is 10.9 Å². The predicted molar refractivity (Wildman–Crippen MR) is 139 cm³/mol. The van der Waals surface area contributed by atoms with Gasteiger partial charge in [0.1, 0.15) is 12.3 Å². The highest BCUT2D eigenvalue weighted by atomic mass is 35.5. The number of nitrogens with one attached hydrogen (secondary N) is 1. The van der Waals surface area contributed by atoms with Crippen molar-refractivity contribution in [2.24, 2.45) is 0 Å². The molecule has 1 N–H and O–H groups in total. The molecule has 0 aliphatic rings. The van der Waals surface area contributed by atoms with Crippen LogP contribution in [-0.4, -0.2) is 22.9 Å². The zero-order valence-electron chi connectivity index (χ0n) is 19.5. The second-order valence-electron chi connectivity index (χ2n) is 8.05. The number of fused-ring (bicyclic) bond motifs is 1. The molecule has 178 valence electrons. The van der Waals surface area contributed by atoms with Crippen LogP contribution >= 0.6 is 11.6 Å². The van der Waals surface area contributed by atoms with Gasteiger partial charge < -0.3 is 14.6 Å². The number of carbonyl (C=O) groups excluding carboxylic acids is 2. The van der Waals surface area contributed by atoms with Gasteiger partial charge in [0.05, 0.1) is 23.1 Å². The highest BCUT2D eigenvalue weighted by molar-refractivity contribution is 6.30. The molecular formula is C28H25ClN2O4. The maximum absolute atomic E-state index is 13.4. The summed E-state index contributed by atoms with van der Waals surface area (Å²) in [4.78, 5) is 39.5. The van der Waals surface area contributed by atoms with Gasteiger partial charge in [-0.25, -0.2) is 0 Å². The number of ether oxygens (including phenoxy) is 1. The fourth-order valence-corrected chi connectivity index (χ4v) is 3.99. The van der Waals surface area contributed by atoms with Gasteiger partial charge in [-0.2, -0.15) is 0 Å². The lowest BCUT2D eigenvalue weighted by Gasteiger charge is -2.15. The van der Waals surface area contributed by atoms with Crippen LogP contribution in [0.15, 0.2) is 77.7 Å². The first-order chi connectivity index (χ1) is 16.9. The number of benzene rings is 3. The number of halogens is 1. The van der Waals surface area contributed by atoms with E-state index in [4.69, 9.17) is 16.3 Å². The number of pyridine rings is 1. The number of aromatic nitrogens is 1. The minimum absolute atomic E-state index is 0.00492. The summed E-state index contributed by atoms with van der Waals surface area (Å²) in [5, 5.41) is 3.69. The monoisotopic (exact) mass is 488 g/mol. The maximum atomic E-state index is 13.4. The van der Waals surface area contributed by atoms with Crippen LogP contribution in [0.3, 0.4) is 0 Å². The summed E-state index contributed by atoms with van der Waals surface area (Å²) >= 11 is 5.92. The fourth-order valence-electron chi connectivity index (χ4n) is 3.86. The molecule has 35 heavy (non-hydrogen) atoms. The molecule has 4 aromatic rings. The van der Waals surface area contributed by atoms with Gasteiger partial charge in [0.2, 0.25) is 11.3 Å². The standard InChI is InChI=1S/C28H25ClN2O4/c1-3-18-5-7-19(8-6-18)27(33)24-16-31(17-26(32)30-21-11-9-20(29)10-12-21)25-14-13-22(35-4-2)15-23(25)28(24)34/h5-16H,3-4,17H2,1-2H3,(H,30,32). The predicted octanol–water partition coefficient (Wildman–Crippen LogP) is 5.49.